The van der Waals surface area contributed by atoms with Gasteiger partial charge in [0, 0.05) is 6.54 Å². The second-order valence-electron chi connectivity index (χ2n) is 6.86. The number of unbranched alkanes of at least 4 members (excludes halogenated alkanes) is 6. The summed E-state index contributed by atoms with van der Waals surface area (Å²) in [6.07, 6.45) is 14.4. The Balaban J connectivity index is -0.000000529. The smallest absolute Gasteiger partial charge is 0.859 e. The summed E-state index contributed by atoms with van der Waals surface area (Å²) in [7, 11) is -8.26. The Morgan fingerprint density at radius 1 is 0.939 bits per heavy atom. The van der Waals surface area contributed by atoms with Crippen LogP contribution in [0.5, 0.6) is 0 Å². The molecule has 0 bridgehead atoms. The fourth-order valence-corrected chi connectivity index (χ4v) is 2.76. The summed E-state index contributed by atoms with van der Waals surface area (Å²) < 4.78 is 59.7. The SMILES string of the molecule is CCCCC/C=C/C(=O)NCCS(=O)(=O)O.CCCCC/C=C/C([O-])=NCCS(=O)(=O)[O-].[Ca+2]. The van der Waals surface area contributed by atoms with Gasteiger partial charge in [0.15, 0.2) is 0 Å². The molecule has 13 heteroatoms. The summed E-state index contributed by atoms with van der Waals surface area (Å²) in [5.41, 5.74) is 0. The second-order valence-corrected chi connectivity index (χ2v) is 9.95. The number of hydrogen-bond donors (Lipinski definition) is 2. The molecule has 33 heavy (non-hydrogen) atoms. The van der Waals surface area contributed by atoms with Crippen molar-refractivity contribution in [2.75, 3.05) is 24.6 Å². The number of nitrogens with zero attached hydrogens (tertiary/aromatic N) is 1. The molecule has 0 spiro atoms. The van der Waals surface area contributed by atoms with Crippen LogP contribution in [0.4, 0.5) is 0 Å². The minimum atomic E-state index is -4.27. The van der Waals surface area contributed by atoms with Crippen molar-refractivity contribution in [2.24, 2.45) is 4.99 Å². The number of carbonyl (C=O) groups is 1. The van der Waals surface area contributed by atoms with E-state index in [0.717, 1.165) is 51.4 Å². The predicted octanol–water partition coefficient (Wildman–Crippen LogP) is 1.17. The summed E-state index contributed by atoms with van der Waals surface area (Å²) in [4.78, 5) is 14.5. The molecule has 188 valence electrons. The van der Waals surface area contributed by atoms with Crippen molar-refractivity contribution in [1.29, 1.82) is 0 Å². The molecular formula is C20H36CaN2O8S2. The third-order valence-corrected chi connectivity index (χ3v) is 5.15. The molecule has 0 unspecified atom stereocenters. The van der Waals surface area contributed by atoms with Crippen LogP contribution in [0, 0.1) is 0 Å². The van der Waals surface area contributed by atoms with Gasteiger partial charge in [-0.05, 0) is 37.7 Å². The molecule has 0 saturated carbocycles. The van der Waals surface area contributed by atoms with Crippen molar-refractivity contribution in [2.45, 2.75) is 65.2 Å². The zero-order valence-electron chi connectivity index (χ0n) is 19.6. The molecule has 0 radical (unpaired) electrons. The van der Waals surface area contributed by atoms with E-state index in [1.54, 1.807) is 12.2 Å². The average Bonchev–Trinajstić information content (AvgIpc) is 2.66. The molecule has 0 fully saturated rings. The molecule has 0 aromatic heterocycles. The summed E-state index contributed by atoms with van der Waals surface area (Å²) in [6, 6.07) is 0. The fraction of sp³-hybridized carbons (Fsp3) is 0.700. The Morgan fingerprint density at radius 2 is 1.45 bits per heavy atom. The van der Waals surface area contributed by atoms with E-state index < -0.39 is 37.6 Å². The van der Waals surface area contributed by atoms with Crippen LogP contribution in [0.1, 0.15) is 65.2 Å². The second kappa shape index (κ2) is 23.3. The first-order valence-electron chi connectivity index (χ1n) is 10.6. The largest absolute Gasteiger partial charge is 2.00 e. The maximum Gasteiger partial charge on any atom is 2.00 e. The predicted molar refractivity (Wildman–Crippen MR) is 129 cm³/mol. The quantitative estimate of drug-likeness (QED) is 0.0737. The number of allylic oxidation sites excluding steroid dienone is 2. The number of carbonyl (C=O) groups excluding carboxylic acids is 1. The third-order valence-electron chi connectivity index (χ3n) is 3.75. The van der Waals surface area contributed by atoms with E-state index in [2.05, 4.69) is 24.2 Å². The molecule has 0 saturated heterocycles. The number of rotatable bonds is 16. The van der Waals surface area contributed by atoms with Crippen LogP contribution in [0.3, 0.4) is 0 Å². The molecule has 0 aliphatic carbocycles. The fourth-order valence-electron chi connectivity index (χ4n) is 2.08. The van der Waals surface area contributed by atoms with Crippen molar-refractivity contribution < 1.29 is 35.8 Å². The number of nitrogens with one attached hydrogen (secondary N) is 1. The number of amides is 1. The van der Waals surface area contributed by atoms with Crippen LogP contribution in [-0.4, -0.2) is 100 Å². The van der Waals surface area contributed by atoms with E-state index in [0.29, 0.717) is 0 Å². The van der Waals surface area contributed by atoms with Crippen molar-refractivity contribution in [3.05, 3.63) is 24.3 Å². The van der Waals surface area contributed by atoms with E-state index in [9.17, 15) is 31.3 Å². The Hall–Kier alpha value is -0.500. The molecule has 0 atom stereocenters. The monoisotopic (exact) mass is 536 g/mol. The normalized spacial score (nSPS) is 12.3. The summed E-state index contributed by atoms with van der Waals surface area (Å²) in [5, 5.41) is 13.4. The van der Waals surface area contributed by atoms with Crippen molar-refractivity contribution in [1.82, 2.24) is 5.32 Å². The van der Waals surface area contributed by atoms with E-state index in [1.165, 1.54) is 12.2 Å². The molecular weight excluding hydrogens is 500 g/mol. The minimum absolute atomic E-state index is 0. The van der Waals surface area contributed by atoms with Gasteiger partial charge in [0.05, 0.1) is 28.2 Å². The van der Waals surface area contributed by atoms with E-state index in [-0.39, 0.29) is 56.7 Å². The van der Waals surface area contributed by atoms with E-state index in [1.807, 2.05) is 0 Å². The van der Waals surface area contributed by atoms with Crippen LogP contribution in [0.2, 0.25) is 0 Å². The molecule has 0 aliphatic heterocycles. The van der Waals surface area contributed by atoms with Crippen LogP contribution >= 0.6 is 0 Å². The molecule has 2 N–H and O–H groups in total. The van der Waals surface area contributed by atoms with Gasteiger partial charge in [0.25, 0.3) is 10.1 Å². The van der Waals surface area contributed by atoms with E-state index >= 15 is 0 Å². The molecule has 1 amide bonds. The van der Waals surface area contributed by atoms with Crippen molar-refractivity contribution in [3.63, 3.8) is 0 Å². The van der Waals surface area contributed by atoms with Gasteiger partial charge in [-0.1, -0.05) is 57.8 Å². The average molecular weight is 537 g/mol. The van der Waals surface area contributed by atoms with Gasteiger partial charge >= 0.3 is 37.7 Å². The first kappa shape index (κ1) is 37.1. The Labute approximate surface area is 228 Å². The Bertz CT molecular complexity index is 795. The Morgan fingerprint density at radius 3 is 1.91 bits per heavy atom. The van der Waals surface area contributed by atoms with Crippen LogP contribution in [0.25, 0.3) is 0 Å². The molecule has 0 aromatic carbocycles. The summed E-state index contributed by atoms with van der Waals surface area (Å²) in [6.45, 7) is 3.86. The summed E-state index contributed by atoms with van der Waals surface area (Å²) >= 11 is 0. The molecule has 10 nitrogen and oxygen atoms in total. The first-order valence-corrected chi connectivity index (χ1v) is 13.8. The van der Waals surface area contributed by atoms with Crippen LogP contribution < -0.4 is 10.4 Å². The van der Waals surface area contributed by atoms with Gasteiger partial charge in [-0.3, -0.25) is 9.35 Å². The number of hydrogen-bond acceptors (Lipinski definition) is 8. The van der Waals surface area contributed by atoms with Crippen molar-refractivity contribution in [3.8, 4) is 0 Å². The van der Waals surface area contributed by atoms with Gasteiger partial charge < -0.3 is 20.0 Å². The Kier molecular flexibility index (Phi) is 26.1. The van der Waals surface area contributed by atoms with E-state index in [4.69, 9.17) is 4.55 Å². The summed E-state index contributed by atoms with van der Waals surface area (Å²) in [5.74, 6) is -1.90. The van der Waals surface area contributed by atoms with Crippen LogP contribution in [-0.2, 0) is 25.0 Å². The molecule has 0 heterocycles. The van der Waals surface area contributed by atoms with Crippen molar-refractivity contribution >= 4 is 69.8 Å². The standard InChI is InChI=1S/2C10H19NO4S.Ca/c2*1-2-3-4-5-6-7-10(12)11-8-9-16(13,14)15;/h2*6-7H,2-5,8-9H2,1H3,(H,11,12)(H,13,14,15);/q;;+2/p-2/b2*7-6+;. The molecule has 0 aliphatic rings. The van der Waals surface area contributed by atoms with Gasteiger partial charge in [0.2, 0.25) is 5.91 Å². The first-order chi connectivity index (χ1) is 14.9. The zero-order valence-corrected chi connectivity index (χ0v) is 23.4. The zero-order chi connectivity index (χ0) is 24.9. The van der Waals surface area contributed by atoms with Crippen LogP contribution in [0.15, 0.2) is 29.3 Å². The van der Waals surface area contributed by atoms with Gasteiger partial charge in [-0.2, -0.15) is 8.42 Å². The topological polar surface area (TPSA) is 176 Å². The molecule has 0 rings (SSSR count). The maximum absolute atomic E-state index is 11.1. The van der Waals surface area contributed by atoms with Gasteiger partial charge in [0.1, 0.15) is 0 Å². The minimum Gasteiger partial charge on any atom is -0.859 e. The van der Waals surface area contributed by atoms with Gasteiger partial charge in [-0.25, -0.2) is 8.42 Å². The van der Waals surface area contributed by atoms with Gasteiger partial charge in [-0.15, -0.1) is 0 Å². The maximum atomic E-state index is 11.1. The number of aliphatic imine (C=N–C) groups is 1. The third kappa shape index (κ3) is 36.2. The molecule has 0 aromatic rings.